The monoisotopic (exact) mass is 498 g/mol. The van der Waals surface area contributed by atoms with Gasteiger partial charge in [-0.05, 0) is 37.1 Å². The molecule has 1 aromatic heterocycles. The number of hydrogen-bond acceptors (Lipinski definition) is 6. The highest BCUT2D eigenvalue weighted by atomic mass is 32.2. The van der Waals surface area contributed by atoms with E-state index in [9.17, 15) is 14.0 Å². The number of fused-ring (bicyclic) bond motifs is 1. The van der Waals surface area contributed by atoms with Crippen LogP contribution in [0.5, 0.6) is 0 Å². The van der Waals surface area contributed by atoms with Crippen molar-refractivity contribution in [2.75, 3.05) is 49.9 Å². The number of piperidine rings is 1. The summed E-state index contributed by atoms with van der Waals surface area (Å²) < 4.78 is 16.1. The molecule has 0 saturated carbocycles. The Hall–Kier alpha value is -2.65. The predicted octanol–water partition coefficient (Wildman–Crippen LogP) is 4.11. The Balaban J connectivity index is 1.07. The third-order valence-electron chi connectivity index (χ3n) is 6.57. The number of thioether (sulfide) groups is 1. The summed E-state index contributed by atoms with van der Waals surface area (Å²) in [6.07, 6.45) is 1.40. The number of carbonyl (C=O) groups is 2. The van der Waals surface area contributed by atoms with Crippen molar-refractivity contribution >= 4 is 50.8 Å². The Morgan fingerprint density at radius 1 is 0.941 bits per heavy atom. The van der Waals surface area contributed by atoms with Crippen LogP contribution in [0.1, 0.15) is 12.8 Å². The second kappa shape index (κ2) is 10.3. The molecule has 3 aromatic rings. The first kappa shape index (κ1) is 23.1. The fourth-order valence-corrected chi connectivity index (χ4v) is 6.61. The maximum atomic E-state index is 14.1. The molecule has 2 aliphatic heterocycles. The summed E-state index contributed by atoms with van der Waals surface area (Å²) in [4.78, 5) is 36.1. The largest absolute Gasteiger partial charge is 0.366 e. The number of aromatic nitrogens is 1. The standard InChI is InChI=1S/C25H27FN4O2S2/c26-19-5-1-3-7-21(19)28-13-15-30(16-14-28)24(32)18-9-11-29(12-10-18)23(31)17-33-25-27-20-6-2-4-8-22(20)34-25/h1-8,18H,9-17H2. The minimum Gasteiger partial charge on any atom is -0.366 e. The number of thiazole rings is 1. The molecule has 0 N–H and O–H groups in total. The molecule has 2 aromatic carbocycles. The van der Waals surface area contributed by atoms with Gasteiger partial charge in [0, 0.05) is 45.2 Å². The zero-order valence-electron chi connectivity index (χ0n) is 18.9. The van der Waals surface area contributed by atoms with Gasteiger partial charge in [-0.25, -0.2) is 9.37 Å². The van der Waals surface area contributed by atoms with E-state index < -0.39 is 0 Å². The molecule has 5 rings (SSSR count). The van der Waals surface area contributed by atoms with Crippen LogP contribution in [0.3, 0.4) is 0 Å². The smallest absolute Gasteiger partial charge is 0.233 e. The Labute approximate surface area is 206 Å². The predicted molar refractivity (Wildman–Crippen MR) is 135 cm³/mol. The van der Waals surface area contributed by atoms with Crippen molar-refractivity contribution in [1.29, 1.82) is 0 Å². The van der Waals surface area contributed by atoms with Crippen molar-refractivity contribution in [2.24, 2.45) is 5.92 Å². The number of halogens is 1. The summed E-state index contributed by atoms with van der Waals surface area (Å²) >= 11 is 3.10. The molecular weight excluding hydrogens is 471 g/mol. The molecule has 2 saturated heterocycles. The molecule has 3 heterocycles. The molecule has 0 atom stereocenters. The van der Waals surface area contributed by atoms with Gasteiger partial charge < -0.3 is 14.7 Å². The topological polar surface area (TPSA) is 56.8 Å². The lowest BCUT2D eigenvalue weighted by atomic mass is 9.95. The number of carbonyl (C=O) groups excluding carboxylic acids is 2. The normalized spacial score (nSPS) is 17.4. The quantitative estimate of drug-likeness (QED) is 0.496. The van der Waals surface area contributed by atoms with E-state index in [1.807, 2.05) is 45.0 Å². The van der Waals surface area contributed by atoms with Gasteiger partial charge in [0.2, 0.25) is 11.8 Å². The van der Waals surface area contributed by atoms with E-state index in [4.69, 9.17) is 0 Å². The van der Waals surface area contributed by atoms with Gasteiger partial charge >= 0.3 is 0 Å². The van der Waals surface area contributed by atoms with Gasteiger partial charge in [0.05, 0.1) is 21.7 Å². The zero-order valence-corrected chi connectivity index (χ0v) is 20.5. The SMILES string of the molecule is O=C(CSc1nc2ccccc2s1)N1CCC(C(=O)N2CCN(c3ccccc3F)CC2)CC1. The summed E-state index contributed by atoms with van der Waals surface area (Å²) in [6.45, 7) is 3.70. The molecule has 2 aliphatic rings. The summed E-state index contributed by atoms with van der Waals surface area (Å²) in [5.74, 6) is 0.385. The van der Waals surface area contributed by atoms with Crippen LogP contribution >= 0.6 is 23.1 Å². The summed E-state index contributed by atoms with van der Waals surface area (Å²) in [5.41, 5.74) is 1.57. The average molecular weight is 499 g/mol. The van der Waals surface area contributed by atoms with Crippen LogP contribution in [0.15, 0.2) is 52.9 Å². The molecule has 0 spiro atoms. The van der Waals surface area contributed by atoms with Crippen LogP contribution in [-0.4, -0.2) is 71.6 Å². The van der Waals surface area contributed by atoms with Crippen LogP contribution in [-0.2, 0) is 9.59 Å². The first-order chi connectivity index (χ1) is 16.6. The molecule has 0 aliphatic carbocycles. The average Bonchev–Trinajstić information content (AvgIpc) is 3.30. The molecule has 0 unspecified atom stereocenters. The van der Waals surface area contributed by atoms with Crippen molar-refractivity contribution in [1.82, 2.24) is 14.8 Å². The van der Waals surface area contributed by atoms with Crippen molar-refractivity contribution in [3.05, 3.63) is 54.3 Å². The molecule has 9 heteroatoms. The molecule has 34 heavy (non-hydrogen) atoms. The van der Waals surface area contributed by atoms with Crippen molar-refractivity contribution < 1.29 is 14.0 Å². The van der Waals surface area contributed by atoms with E-state index in [2.05, 4.69) is 4.98 Å². The highest BCUT2D eigenvalue weighted by Crippen LogP contribution is 2.30. The Bertz CT molecular complexity index is 1140. The van der Waals surface area contributed by atoms with Gasteiger partial charge in [-0.15, -0.1) is 11.3 Å². The molecule has 2 fully saturated rings. The molecular formula is C25H27FN4O2S2. The van der Waals surface area contributed by atoms with Crippen LogP contribution < -0.4 is 4.90 Å². The third kappa shape index (κ3) is 5.05. The lowest BCUT2D eigenvalue weighted by Crippen LogP contribution is -2.52. The highest BCUT2D eigenvalue weighted by molar-refractivity contribution is 8.01. The maximum absolute atomic E-state index is 14.1. The van der Waals surface area contributed by atoms with E-state index in [0.717, 1.165) is 14.6 Å². The Morgan fingerprint density at radius 2 is 1.65 bits per heavy atom. The zero-order chi connectivity index (χ0) is 23.5. The number of amides is 2. The third-order valence-corrected chi connectivity index (χ3v) is 8.74. The van der Waals surface area contributed by atoms with E-state index >= 15 is 0 Å². The van der Waals surface area contributed by atoms with Crippen molar-refractivity contribution in [3.63, 3.8) is 0 Å². The number of anilines is 1. The van der Waals surface area contributed by atoms with E-state index in [0.29, 0.717) is 63.6 Å². The molecule has 0 radical (unpaired) electrons. The van der Waals surface area contributed by atoms with Gasteiger partial charge in [0.25, 0.3) is 0 Å². The van der Waals surface area contributed by atoms with Crippen molar-refractivity contribution in [3.8, 4) is 0 Å². The van der Waals surface area contributed by atoms with E-state index in [1.165, 1.54) is 17.8 Å². The van der Waals surface area contributed by atoms with Crippen LogP contribution in [0.25, 0.3) is 10.2 Å². The lowest BCUT2D eigenvalue weighted by Gasteiger charge is -2.39. The van der Waals surface area contributed by atoms with Crippen molar-refractivity contribution in [2.45, 2.75) is 17.2 Å². The molecule has 2 amide bonds. The van der Waals surface area contributed by atoms with E-state index in [-0.39, 0.29) is 23.5 Å². The summed E-state index contributed by atoms with van der Waals surface area (Å²) in [6, 6.07) is 14.8. The highest BCUT2D eigenvalue weighted by Gasteiger charge is 2.32. The van der Waals surface area contributed by atoms with Gasteiger partial charge in [0.1, 0.15) is 5.82 Å². The van der Waals surface area contributed by atoms with Gasteiger partial charge in [-0.2, -0.15) is 0 Å². The Morgan fingerprint density at radius 3 is 2.38 bits per heavy atom. The fraction of sp³-hybridized carbons (Fsp3) is 0.400. The molecule has 0 bridgehead atoms. The number of rotatable bonds is 5. The Kier molecular flexibility index (Phi) is 7.01. The number of para-hydroxylation sites is 2. The maximum Gasteiger partial charge on any atom is 0.233 e. The second-order valence-electron chi connectivity index (χ2n) is 8.65. The van der Waals surface area contributed by atoms with Gasteiger partial charge in [-0.3, -0.25) is 9.59 Å². The number of benzene rings is 2. The first-order valence-corrected chi connectivity index (χ1v) is 13.4. The number of nitrogens with zero attached hydrogens (tertiary/aromatic N) is 4. The molecule has 6 nitrogen and oxygen atoms in total. The minimum absolute atomic E-state index is 0.0408. The van der Waals surface area contributed by atoms with E-state index in [1.54, 1.807) is 23.5 Å². The molecule has 178 valence electrons. The summed E-state index contributed by atoms with van der Waals surface area (Å²) in [7, 11) is 0. The van der Waals surface area contributed by atoms with Crippen LogP contribution in [0.4, 0.5) is 10.1 Å². The van der Waals surface area contributed by atoms with Gasteiger partial charge in [-0.1, -0.05) is 36.0 Å². The second-order valence-corrected chi connectivity index (χ2v) is 10.9. The van der Waals surface area contributed by atoms with Gasteiger partial charge in [0.15, 0.2) is 4.34 Å². The number of piperazine rings is 1. The lowest BCUT2D eigenvalue weighted by molar-refractivity contribution is -0.140. The number of likely N-dealkylation sites (tertiary alicyclic amines) is 1. The first-order valence-electron chi connectivity index (χ1n) is 11.6. The number of hydrogen-bond donors (Lipinski definition) is 0. The summed E-state index contributed by atoms with van der Waals surface area (Å²) in [5, 5.41) is 0. The minimum atomic E-state index is -0.222. The van der Waals surface area contributed by atoms with Crippen LogP contribution in [0, 0.1) is 11.7 Å². The van der Waals surface area contributed by atoms with Crippen LogP contribution in [0.2, 0.25) is 0 Å². The fourth-order valence-electron chi connectivity index (χ4n) is 4.64.